The van der Waals surface area contributed by atoms with Crippen molar-refractivity contribution in [3.63, 3.8) is 0 Å². The molecule has 1 aliphatic carbocycles. The van der Waals surface area contributed by atoms with Crippen LogP contribution < -0.4 is 4.92 Å². The molecule has 1 nitrogen and oxygen atoms in total. The smallest absolute Gasteiger partial charge is 0.0858 e. The normalized spacial score (nSPS) is 18.4. The van der Waals surface area contributed by atoms with Crippen LogP contribution in [0.2, 0.25) is 19.6 Å². The Morgan fingerprint density at radius 3 is 2.11 bits per heavy atom. The highest BCUT2D eigenvalue weighted by Gasteiger charge is 2.30. The minimum atomic E-state index is -1.34. The molecule has 0 atom stereocenters. The summed E-state index contributed by atoms with van der Waals surface area (Å²) in [5.41, 5.74) is 2.76. The van der Waals surface area contributed by atoms with E-state index in [0.29, 0.717) is 0 Å². The summed E-state index contributed by atoms with van der Waals surface area (Å²) in [6, 6.07) is 2.32. The lowest BCUT2D eigenvalue weighted by molar-refractivity contribution is 0.574. The molecular weight excluding hydrogens is 265 g/mol. The van der Waals surface area contributed by atoms with Gasteiger partial charge in [0.15, 0.2) is 0 Å². The molecule has 0 aliphatic heterocycles. The van der Waals surface area contributed by atoms with Crippen LogP contribution in [0, 0.1) is 31.6 Å². The Morgan fingerprint density at radius 2 is 1.63 bits per heavy atom. The predicted molar refractivity (Wildman–Crippen MR) is 88.0 cm³/mol. The molecule has 19 heavy (non-hydrogen) atoms. The molecule has 0 spiro atoms. The summed E-state index contributed by atoms with van der Waals surface area (Å²) in [6.45, 7) is 13.9. The van der Waals surface area contributed by atoms with Gasteiger partial charge in [0.25, 0.3) is 0 Å². The topological polar surface area (TPSA) is 12.9 Å². The Balaban J connectivity index is 2.50. The van der Waals surface area contributed by atoms with Crippen LogP contribution >= 0.6 is 8.35 Å². The van der Waals surface area contributed by atoms with E-state index in [4.69, 9.17) is 4.75 Å². The van der Waals surface area contributed by atoms with E-state index in [1.807, 2.05) is 0 Å². The van der Waals surface area contributed by atoms with Gasteiger partial charge in [0.05, 0.1) is 13.8 Å². The second kappa shape index (κ2) is 5.29. The molecule has 0 aromatic carbocycles. The van der Waals surface area contributed by atoms with Gasteiger partial charge in [0, 0.05) is 19.7 Å². The quantitative estimate of drug-likeness (QED) is 0.741. The zero-order valence-corrected chi connectivity index (χ0v) is 14.7. The van der Waals surface area contributed by atoms with Crippen molar-refractivity contribution < 1.29 is 0 Å². The average molecular weight is 288 g/mol. The fraction of sp³-hybridized carbons (Fsp3) is 0.438. The van der Waals surface area contributed by atoms with Gasteiger partial charge in [-0.05, 0) is 42.2 Å². The van der Waals surface area contributed by atoms with Gasteiger partial charge >= 0.3 is 0 Å². The summed E-state index contributed by atoms with van der Waals surface area (Å²) in [4.78, 5) is 1.55. The maximum atomic E-state index is 4.82. The Kier molecular flexibility index (Phi) is 4.23. The average Bonchev–Trinajstić information content (AvgIpc) is 2.79. The van der Waals surface area contributed by atoms with Crippen molar-refractivity contribution in [2.75, 3.05) is 0 Å². The van der Waals surface area contributed by atoms with Gasteiger partial charge < -0.3 is 0 Å². The van der Waals surface area contributed by atoms with Crippen molar-refractivity contribution in [1.29, 1.82) is 0 Å². The maximum Gasteiger partial charge on any atom is 0.0858 e. The van der Waals surface area contributed by atoms with Crippen molar-refractivity contribution in [1.82, 2.24) is 4.75 Å². The number of nitrogens with zero attached hydrogens (tertiary/aromatic N) is 1. The Bertz CT molecular complexity index is 451. The van der Waals surface area contributed by atoms with Gasteiger partial charge in [-0.2, -0.15) is 0 Å². The van der Waals surface area contributed by atoms with Gasteiger partial charge in [-0.1, -0.05) is 40.4 Å². The second-order valence-corrected chi connectivity index (χ2v) is 13.4. The van der Waals surface area contributed by atoms with Gasteiger partial charge in [-0.3, -0.25) is 0 Å². The summed E-state index contributed by atoms with van der Waals surface area (Å²) in [6.07, 6.45) is 8.68. The summed E-state index contributed by atoms with van der Waals surface area (Å²) >= 11 is 0. The van der Waals surface area contributed by atoms with Crippen LogP contribution in [0.25, 0.3) is 0 Å². The lowest BCUT2D eigenvalue weighted by Crippen LogP contribution is -2.39. The predicted octanol–water partition coefficient (Wildman–Crippen LogP) is 4.26. The van der Waals surface area contributed by atoms with Crippen LogP contribution in [0.5, 0.6) is 0 Å². The molecule has 0 saturated heterocycles. The molecule has 1 heterocycles. The molecule has 101 valence electrons. The molecule has 3 heteroatoms. The summed E-state index contributed by atoms with van der Waals surface area (Å²) < 4.78 is 4.82. The fourth-order valence-electron chi connectivity index (χ4n) is 2.09. The van der Waals surface area contributed by atoms with Crippen LogP contribution in [-0.2, 0) is 5.41 Å². The van der Waals surface area contributed by atoms with Crippen LogP contribution in [-0.4, -0.2) is 12.8 Å². The highest BCUT2D eigenvalue weighted by atomic mass is 31.0. The third-order valence-electron chi connectivity index (χ3n) is 3.25. The first-order chi connectivity index (χ1) is 8.69. The molecular formula is C16H23NPSi. The first kappa shape index (κ1) is 15.2. The molecule has 1 aromatic rings. The van der Waals surface area contributed by atoms with Crippen molar-refractivity contribution in [2.24, 2.45) is 0 Å². The molecule has 5 radical (unpaired) electrons. The molecule has 1 saturated carbocycles. The van der Waals surface area contributed by atoms with E-state index in [1.54, 1.807) is 4.92 Å². The molecule has 1 fully saturated rings. The largest absolute Gasteiger partial charge is 0.232 e. The Hall–Kier alpha value is -0.203. The van der Waals surface area contributed by atoms with E-state index < -0.39 is 8.07 Å². The highest BCUT2D eigenvalue weighted by molar-refractivity contribution is 7.37. The van der Waals surface area contributed by atoms with Crippen LogP contribution in [0.3, 0.4) is 0 Å². The third-order valence-corrected chi connectivity index (χ3v) is 8.01. The van der Waals surface area contributed by atoms with Crippen molar-refractivity contribution >= 4 is 21.3 Å². The molecule has 1 aliphatic rings. The van der Waals surface area contributed by atoms with E-state index in [1.165, 1.54) is 17.2 Å². The van der Waals surface area contributed by atoms with Crippen LogP contribution in [0.4, 0.5) is 0 Å². The summed E-state index contributed by atoms with van der Waals surface area (Å²) in [5.74, 6) is 1.35. The minimum absolute atomic E-state index is 0.121. The maximum absolute atomic E-state index is 4.82. The van der Waals surface area contributed by atoms with Crippen molar-refractivity contribution in [3.05, 3.63) is 48.9 Å². The molecule has 2 rings (SSSR count). The molecule has 0 N–H and O–H groups in total. The van der Waals surface area contributed by atoms with E-state index in [2.05, 4.69) is 72.2 Å². The van der Waals surface area contributed by atoms with E-state index in [0.717, 1.165) is 8.35 Å². The van der Waals surface area contributed by atoms with Gasteiger partial charge in [0.1, 0.15) is 0 Å². The molecule has 0 unspecified atom stereocenters. The molecule has 0 bridgehead atoms. The van der Waals surface area contributed by atoms with Crippen LogP contribution in [0.1, 0.15) is 32.0 Å². The van der Waals surface area contributed by atoms with Gasteiger partial charge in [-0.25, -0.2) is 4.75 Å². The first-order valence-corrected chi connectivity index (χ1v) is 11.1. The summed E-state index contributed by atoms with van der Waals surface area (Å²) in [7, 11) is -0.173. The first-order valence-electron chi connectivity index (χ1n) is 6.80. The fourth-order valence-corrected chi connectivity index (χ4v) is 5.33. The minimum Gasteiger partial charge on any atom is -0.232 e. The van der Waals surface area contributed by atoms with Crippen molar-refractivity contribution in [3.8, 4) is 0 Å². The molecule has 0 amide bonds. The number of rotatable bonds is 2. The van der Waals surface area contributed by atoms with E-state index in [-0.39, 0.29) is 5.41 Å². The van der Waals surface area contributed by atoms with Gasteiger partial charge in [-0.15, -0.1) is 0 Å². The number of hydrogen-bond donors (Lipinski definition) is 0. The highest BCUT2D eigenvalue weighted by Crippen LogP contribution is 2.33. The Morgan fingerprint density at radius 1 is 1.05 bits per heavy atom. The van der Waals surface area contributed by atoms with E-state index in [9.17, 15) is 0 Å². The lowest BCUT2D eigenvalue weighted by Gasteiger charge is -2.26. The Labute approximate surface area is 121 Å². The zero-order chi connectivity index (χ0) is 14.3. The monoisotopic (exact) mass is 288 g/mol. The number of aromatic nitrogens is 1. The van der Waals surface area contributed by atoms with E-state index >= 15 is 0 Å². The lowest BCUT2D eigenvalue weighted by atomic mass is 9.90. The van der Waals surface area contributed by atoms with Crippen molar-refractivity contribution in [2.45, 2.75) is 45.8 Å². The van der Waals surface area contributed by atoms with Crippen LogP contribution in [0.15, 0.2) is 6.07 Å². The number of hydrogen-bond acceptors (Lipinski definition) is 1. The SMILES string of the molecule is CC(C)(C)c1cc([C]2[CH][CH][CH][CH]2)c([Si](C)(C)C)pn1. The zero-order valence-electron chi connectivity index (χ0n) is 12.8. The second-order valence-electron chi connectivity index (χ2n) is 7.17. The standard InChI is InChI=1S/C16H23NPSi/c1-16(2,3)14-11-13(12-9-7-8-10-12)15(18-17-14)19(4,5)6/h7-11H,1-6H3. The van der Waals surface area contributed by atoms with Gasteiger partial charge in [0.2, 0.25) is 0 Å². The third kappa shape index (κ3) is 3.47. The summed E-state index contributed by atoms with van der Waals surface area (Å²) in [5, 5.41) is 0. The molecule has 1 aromatic heterocycles.